The Bertz CT molecular complexity index is 535. The maximum Gasteiger partial charge on any atom is 0.130 e. The Morgan fingerprint density at radius 2 is 2.00 bits per heavy atom. The number of aromatic nitrogens is 1. The molecule has 0 saturated heterocycles. The lowest BCUT2D eigenvalue weighted by molar-refractivity contribution is 0.560. The van der Waals surface area contributed by atoms with Crippen LogP contribution in [0.2, 0.25) is 0 Å². The number of benzene rings is 1. The van der Waals surface area contributed by atoms with Crippen LogP contribution in [0.3, 0.4) is 0 Å². The number of hydrogen-bond acceptors (Lipinski definition) is 1. The van der Waals surface area contributed by atoms with Crippen molar-refractivity contribution in [3.8, 4) is 0 Å². The average molecular weight is 264 g/mol. The van der Waals surface area contributed by atoms with E-state index in [4.69, 9.17) is 0 Å². The van der Waals surface area contributed by atoms with Gasteiger partial charge in [-0.25, -0.2) is 8.78 Å². The summed E-state index contributed by atoms with van der Waals surface area (Å²) in [7, 11) is 0. The third-order valence-corrected chi connectivity index (χ3v) is 2.95. The fourth-order valence-corrected chi connectivity index (χ4v) is 2.00. The summed E-state index contributed by atoms with van der Waals surface area (Å²) in [5.41, 5.74) is 1.64. The highest BCUT2D eigenvalue weighted by Gasteiger charge is 2.03. The highest BCUT2D eigenvalue weighted by molar-refractivity contribution is 5.18. The van der Waals surface area contributed by atoms with Gasteiger partial charge in [0.2, 0.25) is 0 Å². The molecule has 1 aromatic carbocycles. The summed E-state index contributed by atoms with van der Waals surface area (Å²) >= 11 is 0. The molecule has 4 heteroatoms. The largest absolute Gasteiger partial charge is 0.354 e. The Morgan fingerprint density at radius 3 is 2.74 bits per heavy atom. The quantitative estimate of drug-likeness (QED) is 0.845. The van der Waals surface area contributed by atoms with E-state index in [1.165, 1.54) is 12.1 Å². The first-order valence-corrected chi connectivity index (χ1v) is 6.48. The van der Waals surface area contributed by atoms with Crippen LogP contribution in [0.15, 0.2) is 36.7 Å². The predicted molar refractivity (Wildman–Crippen MR) is 71.6 cm³/mol. The molecule has 0 radical (unpaired) electrons. The zero-order valence-corrected chi connectivity index (χ0v) is 11.0. The summed E-state index contributed by atoms with van der Waals surface area (Å²) in [4.78, 5) is 0. The van der Waals surface area contributed by atoms with E-state index >= 15 is 0 Å². The van der Waals surface area contributed by atoms with Gasteiger partial charge >= 0.3 is 0 Å². The summed E-state index contributed by atoms with van der Waals surface area (Å²) in [5.74, 6) is -1.05. The Morgan fingerprint density at radius 1 is 1.16 bits per heavy atom. The molecule has 0 aliphatic rings. The second kappa shape index (κ2) is 6.48. The summed E-state index contributed by atoms with van der Waals surface area (Å²) in [6.45, 7) is 4.21. The van der Waals surface area contributed by atoms with Crippen LogP contribution in [-0.2, 0) is 19.6 Å². The number of rotatable bonds is 6. The normalized spacial score (nSPS) is 10.9. The van der Waals surface area contributed by atoms with Gasteiger partial charge in [0.15, 0.2) is 0 Å². The first kappa shape index (κ1) is 13.7. The van der Waals surface area contributed by atoms with Crippen LogP contribution < -0.4 is 5.32 Å². The molecule has 0 unspecified atom stereocenters. The van der Waals surface area contributed by atoms with E-state index < -0.39 is 11.6 Å². The number of nitrogens with zero attached hydrogens (tertiary/aromatic N) is 1. The van der Waals surface area contributed by atoms with Gasteiger partial charge < -0.3 is 9.88 Å². The molecule has 102 valence electrons. The molecule has 2 rings (SSSR count). The highest BCUT2D eigenvalue weighted by Crippen LogP contribution is 2.09. The van der Waals surface area contributed by atoms with Crippen molar-refractivity contribution in [2.75, 3.05) is 0 Å². The van der Waals surface area contributed by atoms with Gasteiger partial charge in [-0.05, 0) is 24.1 Å². The molecule has 0 spiro atoms. The lowest BCUT2D eigenvalue weighted by Gasteiger charge is -2.05. The standard InChI is InChI=1S/C15H18F2N2/c1-2-6-19-7-5-12(11-19)9-18-10-13-3-4-14(16)8-15(13)17/h3-5,7-8,11,18H,2,6,9-10H2,1H3. The Kier molecular flexibility index (Phi) is 4.68. The second-order valence-electron chi connectivity index (χ2n) is 4.60. The molecule has 0 bridgehead atoms. The van der Waals surface area contributed by atoms with E-state index in [-0.39, 0.29) is 0 Å². The van der Waals surface area contributed by atoms with E-state index in [9.17, 15) is 8.78 Å². The van der Waals surface area contributed by atoms with Crippen LogP contribution in [0.5, 0.6) is 0 Å². The number of halogens is 2. The average Bonchev–Trinajstić information content (AvgIpc) is 2.80. The number of aryl methyl sites for hydroxylation is 1. The first-order chi connectivity index (χ1) is 9.19. The van der Waals surface area contributed by atoms with Gasteiger partial charge in [0.25, 0.3) is 0 Å². The van der Waals surface area contributed by atoms with Gasteiger partial charge in [-0.2, -0.15) is 0 Å². The monoisotopic (exact) mass is 264 g/mol. The lowest BCUT2D eigenvalue weighted by Crippen LogP contribution is -2.13. The molecule has 0 aliphatic carbocycles. The minimum absolute atomic E-state index is 0.394. The van der Waals surface area contributed by atoms with E-state index in [2.05, 4.69) is 23.0 Å². The number of hydrogen-bond donors (Lipinski definition) is 1. The molecule has 1 heterocycles. The molecule has 19 heavy (non-hydrogen) atoms. The SMILES string of the molecule is CCCn1ccc(CNCc2ccc(F)cc2F)c1. The minimum Gasteiger partial charge on any atom is -0.354 e. The third kappa shape index (κ3) is 3.89. The maximum atomic E-state index is 13.4. The van der Waals surface area contributed by atoms with Crippen LogP contribution in [0.1, 0.15) is 24.5 Å². The molecule has 0 amide bonds. The molecule has 0 fully saturated rings. The lowest BCUT2D eigenvalue weighted by atomic mass is 10.2. The zero-order valence-electron chi connectivity index (χ0n) is 11.0. The number of nitrogens with one attached hydrogen (secondary N) is 1. The maximum absolute atomic E-state index is 13.4. The molecule has 0 saturated carbocycles. The van der Waals surface area contributed by atoms with Gasteiger partial charge in [0.1, 0.15) is 11.6 Å². The van der Waals surface area contributed by atoms with Crippen molar-refractivity contribution >= 4 is 0 Å². The molecule has 2 aromatic rings. The fourth-order valence-electron chi connectivity index (χ4n) is 2.00. The van der Waals surface area contributed by atoms with Crippen LogP contribution in [0.4, 0.5) is 8.78 Å². The Labute approximate surface area is 112 Å². The van der Waals surface area contributed by atoms with Crippen LogP contribution in [0.25, 0.3) is 0 Å². The van der Waals surface area contributed by atoms with Crippen molar-refractivity contribution in [3.63, 3.8) is 0 Å². The van der Waals surface area contributed by atoms with Gasteiger partial charge in [-0.3, -0.25) is 0 Å². The molecule has 0 atom stereocenters. The topological polar surface area (TPSA) is 17.0 Å². The summed E-state index contributed by atoms with van der Waals surface area (Å²) in [5, 5.41) is 3.16. The Hall–Kier alpha value is -1.68. The van der Waals surface area contributed by atoms with Crippen molar-refractivity contribution in [1.29, 1.82) is 0 Å². The van der Waals surface area contributed by atoms with Crippen LogP contribution in [-0.4, -0.2) is 4.57 Å². The van der Waals surface area contributed by atoms with Gasteiger partial charge in [0, 0.05) is 43.7 Å². The molecular formula is C15H18F2N2. The van der Waals surface area contributed by atoms with Gasteiger partial charge in [-0.1, -0.05) is 13.0 Å². The van der Waals surface area contributed by atoms with Gasteiger partial charge in [-0.15, -0.1) is 0 Å². The van der Waals surface area contributed by atoms with Crippen molar-refractivity contribution in [3.05, 3.63) is 59.4 Å². The van der Waals surface area contributed by atoms with E-state index in [0.717, 1.165) is 24.6 Å². The molecular weight excluding hydrogens is 246 g/mol. The molecule has 0 aliphatic heterocycles. The zero-order chi connectivity index (χ0) is 13.7. The van der Waals surface area contributed by atoms with E-state index in [0.29, 0.717) is 18.7 Å². The first-order valence-electron chi connectivity index (χ1n) is 6.48. The third-order valence-electron chi connectivity index (χ3n) is 2.95. The van der Waals surface area contributed by atoms with Crippen molar-refractivity contribution in [1.82, 2.24) is 9.88 Å². The fraction of sp³-hybridized carbons (Fsp3) is 0.333. The molecule has 1 aromatic heterocycles. The van der Waals surface area contributed by atoms with E-state index in [1.807, 2.05) is 12.3 Å². The molecule has 2 nitrogen and oxygen atoms in total. The predicted octanol–water partition coefficient (Wildman–Crippen LogP) is 3.47. The summed E-state index contributed by atoms with van der Waals surface area (Å²) in [6.07, 6.45) is 5.22. The highest BCUT2D eigenvalue weighted by atomic mass is 19.1. The van der Waals surface area contributed by atoms with Crippen LogP contribution in [0, 0.1) is 11.6 Å². The summed E-state index contributed by atoms with van der Waals surface area (Å²) in [6, 6.07) is 5.70. The van der Waals surface area contributed by atoms with Crippen molar-refractivity contribution < 1.29 is 8.78 Å². The second-order valence-corrected chi connectivity index (χ2v) is 4.60. The summed E-state index contributed by atoms with van der Waals surface area (Å²) < 4.78 is 28.3. The van der Waals surface area contributed by atoms with Gasteiger partial charge in [0.05, 0.1) is 0 Å². The smallest absolute Gasteiger partial charge is 0.130 e. The van der Waals surface area contributed by atoms with Crippen molar-refractivity contribution in [2.24, 2.45) is 0 Å². The van der Waals surface area contributed by atoms with Crippen molar-refractivity contribution in [2.45, 2.75) is 33.0 Å². The van der Waals surface area contributed by atoms with Crippen LogP contribution >= 0.6 is 0 Å². The Balaban J connectivity index is 1.85. The molecule has 1 N–H and O–H groups in total. The minimum atomic E-state index is -0.544. The van der Waals surface area contributed by atoms with E-state index in [1.54, 1.807) is 0 Å².